The standard InChI is InChI=1S/C11H16ClN3O/c12-11-10(13-5-6-14-11)7-15-8-1-3-9(16)4-2-8/h5-6,8-9,15-16H,1-4,7H2. The summed E-state index contributed by atoms with van der Waals surface area (Å²) in [6, 6.07) is 0.460. The van der Waals surface area contributed by atoms with Gasteiger partial charge in [0.05, 0.1) is 11.8 Å². The van der Waals surface area contributed by atoms with Gasteiger partial charge in [0.2, 0.25) is 0 Å². The average Bonchev–Trinajstić information content (AvgIpc) is 2.30. The lowest BCUT2D eigenvalue weighted by Gasteiger charge is -2.26. The highest BCUT2D eigenvalue weighted by atomic mass is 35.5. The van der Waals surface area contributed by atoms with Gasteiger partial charge < -0.3 is 10.4 Å². The van der Waals surface area contributed by atoms with E-state index in [-0.39, 0.29) is 6.10 Å². The third-order valence-corrected chi connectivity index (χ3v) is 3.29. The van der Waals surface area contributed by atoms with E-state index in [1.807, 2.05) is 0 Å². The SMILES string of the molecule is OC1CCC(NCc2nccnc2Cl)CC1. The van der Waals surface area contributed by atoms with Crippen molar-refractivity contribution in [2.45, 2.75) is 44.4 Å². The van der Waals surface area contributed by atoms with E-state index in [1.54, 1.807) is 12.4 Å². The Labute approximate surface area is 100 Å². The first-order chi connectivity index (χ1) is 7.75. The fraction of sp³-hybridized carbons (Fsp3) is 0.636. The van der Waals surface area contributed by atoms with Crippen LogP contribution in [-0.2, 0) is 6.54 Å². The van der Waals surface area contributed by atoms with E-state index in [2.05, 4.69) is 15.3 Å². The lowest BCUT2D eigenvalue weighted by atomic mass is 9.93. The summed E-state index contributed by atoms with van der Waals surface area (Å²) in [5, 5.41) is 13.3. The Morgan fingerprint density at radius 2 is 1.94 bits per heavy atom. The molecule has 5 heteroatoms. The Morgan fingerprint density at radius 3 is 2.62 bits per heavy atom. The van der Waals surface area contributed by atoms with Crippen LogP contribution in [0.1, 0.15) is 31.4 Å². The van der Waals surface area contributed by atoms with Crippen LogP contribution in [0, 0.1) is 0 Å². The molecule has 0 unspecified atom stereocenters. The number of halogens is 1. The van der Waals surface area contributed by atoms with Crippen LogP contribution >= 0.6 is 11.6 Å². The predicted molar refractivity (Wildman–Crippen MR) is 62.1 cm³/mol. The van der Waals surface area contributed by atoms with Gasteiger partial charge in [-0.25, -0.2) is 4.98 Å². The molecule has 1 aliphatic carbocycles. The van der Waals surface area contributed by atoms with Crippen molar-refractivity contribution < 1.29 is 5.11 Å². The van der Waals surface area contributed by atoms with E-state index in [9.17, 15) is 5.11 Å². The van der Waals surface area contributed by atoms with E-state index in [0.717, 1.165) is 31.4 Å². The van der Waals surface area contributed by atoms with E-state index < -0.39 is 0 Å². The van der Waals surface area contributed by atoms with Crippen LogP contribution in [0.2, 0.25) is 5.15 Å². The summed E-state index contributed by atoms with van der Waals surface area (Å²) in [6.45, 7) is 0.646. The van der Waals surface area contributed by atoms with E-state index >= 15 is 0 Å². The molecule has 16 heavy (non-hydrogen) atoms. The Hall–Kier alpha value is -0.710. The third kappa shape index (κ3) is 3.14. The molecule has 2 rings (SSSR count). The van der Waals surface area contributed by atoms with Crippen molar-refractivity contribution in [3.8, 4) is 0 Å². The molecule has 0 radical (unpaired) electrons. The summed E-state index contributed by atoms with van der Waals surface area (Å²) in [5.41, 5.74) is 0.787. The van der Waals surface area contributed by atoms with Crippen LogP contribution in [0.25, 0.3) is 0 Å². The van der Waals surface area contributed by atoms with Crippen LogP contribution in [0.4, 0.5) is 0 Å². The van der Waals surface area contributed by atoms with Crippen molar-refractivity contribution in [2.24, 2.45) is 0 Å². The fourth-order valence-corrected chi connectivity index (χ4v) is 2.16. The fourth-order valence-electron chi connectivity index (χ4n) is 1.99. The Morgan fingerprint density at radius 1 is 1.25 bits per heavy atom. The first-order valence-corrected chi connectivity index (χ1v) is 6.00. The molecule has 0 aliphatic heterocycles. The van der Waals surface area contributed by atoms with Crippen LogP contribution in [0.5, 0.6) is 0 Å². The zero-order valence-electron chi connectivity index (χ0n) is 9.06. The number of rotatable bonds is 3. The number of aromatic nitrogens is 2. The van der Waals surface area contributed by atoms with Gasteiger partial charge in [-0.1, -0.05) is 11.6 Å². The summed E-state index contributed by atoms with van der Waals surface area (Å²) in [5.74, 6) is 0. The van der Waals surface area contributed by atoms with Gasteiger partial charge >= 0.3 is 0 Å². The van der Waals surface area contributed by atoms with Gasteiger partial charge in [-0.05, 0) is 25.7 Å². The number of hydrogen-bond acceptors (Lipinski definition) is 4. The molecule has 0 saturated heterocycles. The number of hydrogen-bond donors (Lipinski definition) is 2. The smallest absolute Gasteiger partial charge is 0.151 e. The molecule has 0 aromatic carbocycles. The summed E-state index contributed by atoms with van der Waals surface area (Å²) in [4.78, 5) is 8.15. The number of aliphatic hydroxyl groups excluding tert-OH is 1. The van der Waals surface area contributed by atoms with Crippen molar-refractivity contribution in [1.29, 1.82) is 0 Å². The minimum Gasteiger partial charge on any atom is -0.393 e. The zero-order chi connectivity index (χ0) is 11.4. The minimum absolute atomic E-state index is 0.113. The Bertz CT molecular complexity index is 340. The molecular weight excluding hydrogens is 226 g/mol. The predicted octanol–water partition coefficient (Wildman–Crippen LogP) is 1.52. The molecule has 0 amide bonds. The molecule has 2 N–H and O–H groups in total. The van der Waals surface area contributed by atoms with Crippen molar-refractivity contribution >= 4 is 11.6 Å². The van der Waals surface area contributed by atoms with E-state index in [1.165, 1.54) is 0 Å². The second-order valence-corrected chi connectivity index (χ2v) is 4.54. The van der Waals surface area contributed by atoms with Gasteiger partial charge in [0, 0.05) is 25.0 Å². The molecule has 0 spiro atoms. The molecule has 1 fully saturated rings. The number of aliphatic hydroxyl groups is 1. The molecule has 1 saturated carbocycles. The summed E-state index contributed by atoms with van der Waals surface area (Å²) in [7, 11) is 0. The quantitative estimate of drug-likeness (QED) is 0.843. The van der Waals surface area contributed by atoms with Crippen molar-refractivity contribution in [2.75, 3.05) is 0 Å². The van der Waals surface area contributed by atoms with Crippen LogP contribution < -0.4 is 5.32 Å². The first-order valence-electron chi connectivity index (χ1n) is 5.62. The van der Waals surface area contributed by atoms with Crippen molar-refractivity contribution in [3.63, 3.8) is 0 Å². The first kappa shape index (κ1) is 11.8. The van der Waals surface area contributed by atoms with E-state index in [4.69, 9.17) is 11.6 Å². The Balaban J connectivity index is 1.81. The molecule has 1 aromatic heterocycles. The highest BCUT2D eigenvalue weighted by Gasteiger charge is 2.19. The monoisotopic (exact) mass is 241 g/mol. The topological polar surface area (TPSA) is 58.0 Å². The summed E-state index contributed by atoms with van der Waals surface area (Å²) >= 11 is 5.91. The molecule has 88 valence electrons. The molecular formula is C11H16ClN3O. The number of nitrogens with zero attached hydrogens (tertiary/aromatic N) is 2. The molecule has 4 nitrogen and oxygen atoms in total. The minimum atomic E-state index is -0.113. The van der Waals surface area contributed by atoms with E-state index in [0.29, 0.717) is 17.7 Å². The largest absolute Gasteiger partial charge is 0.393 e. The maximum atomic E-state index is 9.39. The van der Waals surface area contributed by atoms with Crippen LogP contribution in [-0.4, -0.2) is 27.2 Å². The van der Waals surface area contributed by atoms with Gasteiger partial charge in [-0.15, -0.1) is 0 Å². The van der Waals surface area contributed by atoms with Gasteiger partial charge in [-0.3, -0.25) is 4.98 Å². The highest BCUT2D eigenvalue weighted by Crippen LogP contribution is 2.19. The maximum Gasteiger partial charge on any atom is 0.151 e. The zero-order valence-corrected chi connectivity index (χ0v) is 9.82. The van der Waals surface area contributed by atoms with Gasteiger partial charge in [0.15, 0.2) is 5.15 Å². The number of nitrogens with one attached hydrogen (secondary N) is 1. The van der Waals surface area contributed by atoms with Gasteiger partial charge in [0.1, 0.15) is 0 Å². The van der Waals surface area contributed by atoms with Crippen molar-refractivity contribution in [3.05, 3.63) is 23.2 Å². The lowest BCUT2D eigenvalue weighted by Crippen LogP contribution is -2.34. The molecule has 0 atom stereocenters. The van der Waals surface area contributed by atoms with Crippen molar-refractivity contribution in [1.82, 2.24) is 15.3 Å². The normalized spacial score (nSPS) is 25.6. The third-order valence-electron chi connectivity index (χ3n) is 2.98. The average molecular weight is 242 g/mol. The second kappa shape index (κ2) is 5.57. The molecule has 1 aromatic rings. The maximum absolute atomic E-state index is 9.39. The molecule has 0 bridgehead atoms. The molecule has 1 aliphatic rings. The summed E-state index contributed by atoms with van der Waals surface area (Å²) < 4.78 is 0. The van der Waals surface area contributed by atoms with Gasteiger partial charge in [0.25, 0.3) is 0 Å². The highest BCUT2D eigenvalue weighted by molar-refractivity contribution is 6.29. The second-order valence-electron chi connectivity index (χ2n) is 4.18. The van der Waals surface area contributed by atoms with Crippen LogP contribution in [0.15, 0.2) is 12.4 Å². The molecule has 1 heterocycles. The van der Waals surface area contributed by atoms with Gasteiger partial charge in [-0.2, -0.15) is 0 Å². The summed E-state index contributed by atoms with van der Waals surface area (Å²) in [6.07, 6.45) is 6.91. The Kier molecular flexibility index (Phi) is 4.09. The lowest BCUT2D eigenvalue weighted by molar-refractivity contribution is 0.116. The van der Waals surface area contributed by atoms with Crippen LogP contribution in [0.3, 0.4) is 0 Å².